The first-order chi connectivity index (χ1) is 11.3. The molecule has 4 nitrogen and oxygen atoms in total. The number of nitrogens with one attached hydrogen (secondary N) is 1. The minimum absolute atomic E-state index is 0.329. The molecular weight excluding hydrogens is 312 g/mol. The molecule has 0 spiro atoms. The number of pyridine rings is 1. The molecule has 5 heteroatoms. The van der Waals surface area contributed by atoms with Gasteiger partial charge < -0.3 is 14.8 Å². The van der Waals surface area contributed by atoms with Crippen molar-refractivity contribution in [3.05, 3.63) is 41.6 Å². The summed E-state index contributed by atoms with van der Waals surface area (Å²) in [5.74, 6) is 1.58. The molecule has 1 fully saturated rings. The fraction of sp³-hybridized carbons (Fsp3) is 0.389. The molecule has 0 amide bonds. The van der Waals surface area contributed by atoms with Crippen LogP contribution >= 0.6 is 11.6 Å². The zero-order valence-electron chi connectivity index (χ0n) is 13.2. The Morgan fingerprint density at radius 2 is 2.17 bits per heavy atom. The summed E-state index contributed by atoms with van der Waals surface area (Å²) in [6.07, 6.45) is 4.01. The van der Waals surface area contributed by atoms with E-state index in [9.17, 15) is 0 Å². The molecular formula is C18H21ClN2O2. The van der Waals surface area contributed by atoms with Crippen molar-refractivity contribution in [1.29, 1.82) is 0 Å². The van der Waals surface area contributed by atoms with Gasteiger partial charge in [0.05, 0.1) is 24.3 Å². The molecule has 1 saturated heterocycles. The zero-order chi connectivity index (χ0) is 16.1. The molecule has 1 unspecified atom stereocenters. The van der Waals surface area contributed by atoms with Crippen LogP contribution < -0.4 is 10.1 Å². The number of ether oxygens (including phenoxy) is 2. The van der Waals surface area contributed by atoms with Gasteiger partial charge in [0, 0.05) is 12.8 Å². The van der Waals surface area contributed by atoms with E-state index in [1.165, 1.54) is 0 Å². The number of nitrogens with zero attached hydrogens (tertiary/aromatic N) is 1. The van der Waals surface area contributed by atoms with E-state index in [0.29, 0.717) is 23.4 Å². The fourth-order valence-corrected chi connectivity index (χ4v) is 2.94. The topological polar surface area (TPSA) is 43.4 Å². The lowest BCUT2D eigenvalue weighted by Crippen LogP contribution is -2.30. The van der Waals surface area contributed by atoms with Crippen molar-refractivity contribution in [3.8, 4) is 16.9 Å². The van der Waals surface area contributed by atoms with Crippen LogP contribution in [-0.4, -0.2) is 30.8 Å². The molecule has 2 aromatic rings. The van der Waals surface area contributed by atoms with Gasteiger partial charge in [-0.05, 0) is 55.2 Å². The zero-order valence-corrected chi connectivity index (χ0v) is 14.0. The summed E-state index contributed by atoms with van der Waals surface area (Å²) in [7, 11) is 0. The van der Waals surface area contributed by atoms with Crippen LogP contribution in [0.15, 0.2) is 36.5 Å². The molecule has 1 aromatic carbocycles. The van der Waals surface area contributed by atoms with Crippen molar-refractivity contribution in [2.45, 2.75) is 25.8 Å². The predicted molar refractivity (Wildman–Crippen MR) is 93.3 cm³/mol. The van der Waals surface area contributed by atoms with Crippen LogP contribution in [0.5, 0.6) is 5.75 Å². The van der Waals surface area contributed by atoms with Crippen LogP contribution in [0.25, 0.3) is 11.1 Å². The van der Waals surface area contributed by atoms with Gasteiger partial charge in [0.1, 0.15) is 11.6 Å². The van der Waals surface area contributed by atoms with E-state index in [1.807, 2.05) is 43.5 Å². The van der Waals surface area contributed by atoms with Gasteiger partial charge in [0.25, 0.3) is 0 Å². The van der Waals surface area contributed by atoms with E-state index in [0.717, 1.165) is 43.0 Å². The molecule has 2 heterocycles. The molecule has 0 radical (unpaired) electrons. The number of halogens is 1. The maximum Gasteiger partial charge on any atom is 0.137 e. The van der Waals surface area contributed by atoms with E-state index in [1.54, 1.807) is 0 Å². The van der Waals surface area contributed by atoms with Gasteiger partial charge in [-0.3, -0.25) is 0 Å². The second kappa shape index (κ2) is 7.66. The van der Waals surface area contributed by atoms with Crippen LogP contribution in [0.4, 0.5) is 5.82 Å². The number of benzene rings is 1. The molecule has 1 aliphatic rings. The molecule has 1 atom stereocenters. The van der Waals surface area contributed by atoms with Crippen LogP contribution in [0.3, 0.4) is 0 Å². The summed E-state index contributed by atoms with van der Waals surface area (Å²) in [5.41, 5.74) is 2.12. The van der Waals surface area contributed by atoms with Gasteiger partial charge in [-0.2, -0.15) is 0 Å². The fourth-order valence-electron chi connectivity index (χ4n) is 2.71. The molecule has 0 bridgehead atoms. The van der Waals surface area contributed by atoms with Gasteiger partial charge in [0.15, 0.2) is 0 Å². The highest BCUT2D eigenvalue weighted by atomic mass is 35.5. The van der Waals surface area contributed by atoms with Crippen molar-refractivity contribution in [1.82, 2.24) is 4.98 Å². The van der Waals surface area contributed by atoms with Crippen molar-refractivity contribution < 1.29 is 9.47 Å². The van der Waals surface area contributed by atoms with E-state index in [-0.39, 0.29) is 0 Å². The Hall–Kier alpha value is -1.78. The highest BCUT2D eigenvalue weighted by Gasteiger charge is 2.14. The molecule has 122 valence electrons. The van der Waals surface area contributed by atoms with E-state index in [4.69, 9.17) is 21.1 Å². The lowest BCUT2D eigenvalue weighted by atomic mass is 10.1. The Balaban J connectivity index is 1.77. The Bertz CT molecular complexity index is 657. The van der Waals surface area contributed by atoms with Gasteiger partial charge in [0.2, 0.25) is 0 Å². The van der Waals surface area contributed by atoms with E-state index >= 15 is 0 Å². The van der Waals surface area contributed by atoms with Gasteiger partial charge in [-0.15, -0.1) is 0 Å². The van der Waals surface area contributed by atoms with Gasteiger partial charge >= 0.3 is 0 Å². The summed E-state index contributed by atoms with van der Waals surface area (Å²) in [4.78, 5) is 4.40. The van der Waals surface area contributed by atoms with Crippen LogP contribution in [0.1, 0.15) is 19.8 Å². The summed E-state index contributed by atoms with van der Waals surface area (Å²) in [5, 5.41) is 4.07. The molecule has 1 N–H and O–H groups in total. The van der Waals surface area contributed by atoms with Crippen LogP contribution in [-0.2, 0) is 4.74 Å². The molecule has 3 rings (SSSR count). The lowest BCUT2D eigenvalue weighted by molar-refractivity contribution is 0.0875. The number of rotatable bonds is 5. The average molecular weight is 333 g/mol. The number of hydrogen-bond acceptors (Lipinski definition) is 4. The van der Waals surface area contributed by atoms with Crippen LogP contribution in [0.2, 0.25) is 5.02 Å². The second-order valence-corrected chi connectivity index (χ2v) is 5.97. The SMILES string of the molecule is CCOc1ccc(-c2ccnc(NC3CCCOC3)c2)cc1Cl. The Labute approximate surface area is 141 Å². The highest BCUT2D eigenvalue weighted by molar-refractivity contribution is 6.32. The van der Waals surface area contributed by atoms with Crippen molar-refractivity contribution >= 4 is 17.4 Å². The normalized spacial score (nSPS) is 17.7. The number of hydrogen-bond donors (Lipinski definition) is 1. The molecule has 0 saturated carbocycles. The first-order valence-corrected chi connectivity index (χ1v) is 8.37. The summed E-state index contributed by atoms with van der Waals surface area (Å²) in [6.45, 7) is 4.14. The predicted octanol–water partition coefficient (Wildman–Crippen LogP) is 4.39. The maximum absolute atomic E-state index is 6.28. The average Bonchev–Trinajstić information content (AvgIpc) is 2.58. The third-order valence-electron chi connectivity index (χ3n) is 3.84. The third kappa shape index (κ3) is 4.15. The standard InChI is InChI=1S/C18H21ClN2O2/c1-2-23-17-6-5-13(10-16(17)19)14-7-8-20-18(11-14)21-15-4-3-9-22-12-15/h5-8,10-11,15H,2-4,9,12H2,1H3,(H,20,21). The number of aromatic nitrogens is 1. The van der Waals surface area contributed by atoms with E-state index in [2.05, 4.69) is 10.3 Å². The highest BCUT2D eigenvalue weighted by Crippen LogP contribution is 2.31. The first kappa shape index (κ1) is 16.1. The smallest absolute Gasteiger partial charge is 0.137 e. The van der Waals surface area contributed by atoms with Crippen molar-refractivity contribution in [2.75, 3.05) is 25.1 Å². The first-order valence-electron chi connectivity index (χ1n) is 7.99. The second-order valence-electron chi connectivity index (χ2n) is 5.57. The molecule has 0 aliphatic carbocycles. The summed E-state index contributed by atoms with van der Waals surface area (Å²) in [6, 6.07) is 10.2. The Kier molecular flexibility index (Phi) is 5.36. The van der Waals surface area contributed by atoms with E-state index < -0.39 is 0 Å². The number of anilines is 1. The van der Waals surface area contributed by atoms with Crippen LogP contribution in [0, 0.1) is 0 Å². The van der Waals surface area contributed by atoms with Gasteiger partial charge in [-0.25, -0.2) is 4.98 Å². The summed E-state index contributed by atoms with van der Waals surface area (Å²) >= 11 is 6.28. The molecule has 23 heavy (non-hydrogen) atoms. The Morgan fingerprint density at radius 1 is 1.30 bits per heavy atom. The minimum Gasteiger partial charge on any atom is -0.492 e. The monoisotopic (exact) mass is 332 g/mol. The Morgan fingerprint density at radius 3 is 2.91 bits per heavy atom. The largest absolute Gasteiger partial charge is 0.492 e. The molecule has 1 aliphatic heterocycles. The molecule has 1 aromatic heterocycles. The van der Waals surface area contributed by atoms with Gasteiger partial charge in [-0.1, -0.05) is 17.7 Å². The summed E-state index contributed by atoms with van der Waals surface area (Å²) < 4.78 is 11.0. The quantitative estimate of drug-likeness (QED) is 0.881. The lowest BCUT2D eigenvalue weighted by Gasteiger charge is -2.23. The van der Waals surface area contributed by atoms with Crippen molar-refractivity contribution in [2.24, 2.45) is 0 Å². The van der Waals surface area contributed by atoms with Crippen molar-refractivity contribution in [3.63, 3.8) is 0 Å². The minimum atomic E-state index is 0.329. The maximum atomic E-state index is 6.28. The third-order valence-corrected chi connectivity index (χ3v) is 4.13.